The number of isothiocyanates is 1. The van der Waals surface area contributed by atoms with Gasteiger partial charge in [0.1, 0.15) is 24.9 Å². The van der Waals surface area contributed by atoms with Crippen molar-refractivity contribution in [2.75, 3.05) is 6.61 Å². The highest BCUT2D eigenvalue weighted by Gasteiger charge is 2.57. The van der Waals surface area contributed by atoms with Gasteiger partial charge in [0.15, 0.2) is 18.2 Å². The first-order valence-electron chi connectivity index (χ1n) is 7.12. The van der Waals surface area contributed by atoms with E-state index < -0.39 is 48.4 Å². The zero-order valence-corrected chi connectivity index (χ0v) is 14.1. The van der Waals surface area contributed by atoms with E-state index in [0.717, 1.165) is 0 Å². The lowest BCUT2D eigenvalue weighted by atomic mass is 10.0. The van der Waals surface area contributed by atoms with Crippen LogP contribution in [0.4, 0.5) is 0 Å². The van der Waals surface area contributed by atoms with Crippen molar-refractivity contribution < 1.29 is 33.3 Å². The van der Waals surface area contributed by atoms with Crippen molar-refractivity contribution in [3.05, 3.63) is 0 Å². The van der Waals surface area contributed by atoms with E-state index in [0.29, 0.717) is 0 Å². The first-order valence-corrected chi connectivity index (χ1v) is 7.53. The zero-order valence-electron chi connectivity index (χ0n) is 13.3. The van der Waals surface area contributed by atoms with Crippen molar-refractivity contribution in [2.24, 2.45) is 4.99 Å². The van der Waals surface area contributed by atoms with Gasteiger partial charge in [-0.05, 0) is 26.1 Å². The lowest BCUT2D eigenvalue weighted by Gasteiger charge is -2.28. The molecule has 2 fully saturated rings. The van der Waals surface area contributed by atoms with E-state index in [1.54, 1.807) is 13.8 Å². The number of carbonyl (C=O) groups excluding carboxylic acids is 2. The van der Waals surface area contributed by atoms with Gasteiger partial charge in [0.2, 0.25) is 0 Å². The number of aliphatic imine (C=N–C) groups is 1. The maximum atomic E-state index is 11.3. The molecule has 2 aliphatic heterocycles. The second-order valence-corrected chi connectivity index (χ2v) is 5.91. The summed E-state index contributed by atoms with van der Waals surface area (Å²) < 4.78 is 27.4. The van der Waals surface area contributed by atoms with Gasteiger partial charge in [-0.1, -0.05) is 0 Å². The number of ether oxygens (including phenoxy) is 5. The summed E-state index contributed by atoms with van der Waals surface area (Å²) in [6.45, 7) is 5.86. The molecule has 23 heavy (non-hydrogen) atoms. The van der Waals surface area contributed by atoms with Crippen LogP contribution in [0.2, 0.25) is 0 Å². The molecule has 128 valence electrons. The van der Waals surface area contributed by atoms with Gasteiger partial charge in [-0.2, -0.15) is 0 Å². The third kappa shape index (κ3) is 4.33. The van der Waals surface area contributed by atoms with Gasteiger partial charge < -0.3 is 23.7 Å². The van der Waals surface area contributed by atoms with E-state index in [1.165, 1.54) is 13.8 Å². The predicted molar refractivity (Wildman–Crippen MR) is 79.7 cm³/mol. The van der Waals surface area contributed by atoms with Crippen LogP contribution >= 0.6 is 12.2 Å². The number of rotatable bonds is 5. The number of hydrogen-bond acceptors (Lipinski definition) is 9. The molecule has 0 N–H and O–H groups in total. The van der Waals surface area contributed by atoms with Gasteiger partial charge >= 0.3 is 11.9 Å². The summed E-state index contributed by atoms with van der Waals surface area (Å²) in [7, 11) is 0. The molecule has 0 unspecified atom stereocenters. The maximum Gasteiger partial charge on any atom is 0.303 e. The SMILES string of the molecule is CC(=O)OC[C@@H](OC(C)=O)[C@H]1O[C@@H]2OC(C)(C)O[C@@H]2[C@H]1N=C=S. The van der Waals surface area contributed by atoms with E-state index in [-0.39, 0.29) is 6.61 Å². The summed E-state index contributed by atoms with van der Waals surface area (Å²) in [6, 6.07) is -0.584. The lowest BCUT2D eigenvalue weighted by Crippen LogP contribution is -2.44. The Hall–Kier alpha value is -1.38. The highest BCUT2D eigenvalue weighted by atomic mass is 32.1. The van der Waals surface area contributed by atoms with E-state index >= 15 is 0 Å². The molecule has 0 saturated carbocycles. The first kappa shape index (κ1) is 18.0. The van der Waals surface area contributed by atoms with Gasteiger partial charge in [-0.3, -0.25) is 9.59 Å². The molecule has 0 aromatic carbocycles. The maximum absolute atomic E-state index is 11.3. The fourth-order valence-corrected chi connectivity index (χ4v) is 2.76. The molecule has 0 radical (unpaired) electrons. The minimum atomic E-state index is -0.852. The summed E-state index contributed by atoms with van der Waals surface area (Å²) in [5.41, 5.74) is 0. The van der Waals surface area contributed by atoms with Crippen LogP contribution in [0.15, 0.2) is 4.99 Å². The molecule has 0 amide bonds. The largest absolute Gasteiger partial charge is 0.462 e. The van der Waals surface area contributed by atoms with Crippen LogP contribution in [0.1, 0.15) is 27.7 Å². The predicted octanol–water partition coefficient (Wildman–Crippen LogP) is 0.829. The standard InChI is InChI=1S/C14H19NO7S/c1-7(16)18-5-9(19-8(2)17)11-10(15-6-23)12-13(20-11)22-14(3,4)21-12/h9-13H,5H2,1-4H3/t9-,10+,11-,12-,13-/m1/s1. The van der Waals surface area contributed by atoms with Gasteiger partial charge in [-0.25, -0.2) is 4.99 Å². The second-order valence-electron chi connectivity index (χ2n) is 5.73. The number of esters is 2. The van der Waals surface area contributed by atoms with Crippen molar-refractivity contribution in [1.29, 1.82) is 0 Å². The molecular formula is C14H19NO7S. The average Bonchev–Trinajstić information content (AvgIpc) is 2.88. The van der Waals surface area contributed by atoms with Crippen molar-refractivity contribution in [1.82, 2.24) is 0 Å². The molecule has 2 aliphatic rings. The molecule has 0 aromatic rings. The average molecular weight is 345 g/mol. The number of fused-ring (bicyclic) bond motifs is 1. The summed E-state index contributed by atoms with van der Waals surface area (Å²) in [5.74, 6) is -1.85. The third-order valence-corrected chi connectivity index (χ3v) is 3.49. The molecule has 9 heteroatoms. The summed E-state index contributed by atoms with van der Waals surface area (Å²) in [4.78, 5) is 26.4. The third-order valence-electron chi connectivity index (χ3n) is 3.39. The van der Waals surface area contributed by atoms with Gasteiger partial charge in [0.25, 0.3) is 0 Å². The monoisotopic (exact) mass is 345 g/mol. The summed E-state index contributed by atoms with van der Waals surface area (Å²) in [6.07, 6.45) is -2.77. The summed E-state index contributed by atoms with van der Waals surface area (Å²) in [5, 5.41) is 2.30. The highest BCUT2D eigenvalue weighted by Crippen LogP contribution is 2.40. The topological polar surface area (TPSA) is 92.7 Å². The van der Waals surface area contributed by atoms with Crippen LogP contribution in [0.5, 0.6) is 0 Å². The van der Waals surface area contributed by atoms with Crippen molar-refractivity contribution in [3.63, 3.8) is 0 Å². The van der Waals surface area contributed by atoms with Crippen molar-refractivity contribution >= 4 is 29.3 Å². The van der Waals surface area contributed by atoms with Crippen LogP contribution < -0.4 is 0 Å². The minimum Gasteiger partial charge on any atom is -0.462 e. The molecule has 0 bridgehead atoms. The van der Waals surface area contributed by atoms with Crippen LogP contribution in [0.25, 0.3) is 0 Å². The van der Waals surface area contributed by atoms with E-state index in [2.05, 4.69) is 22.4 Å². The summed E-state index contributed by atoms with van der Waals surface area (Å²) >= 11 is 4.68. The molecule has 2 saturated heterocycles. The van der Waals surface area contributed by atoms with Crippen LogP contribution in [-0.4, -0.2) is 60.1 Å². The Kier molecular flexibility index (Phi) is 5.49. The molecule has 0 aliphatic carbocycles. The molecule has 0 spiro atoms. The van der Waals surface area contributed by atoms with Gasteiger partial charge in [-0.15, -0.1) is 0 Å². The minimum absolute atomic E-state index is 0.161. The second kappa shape index (κ2) is 7.02. The van der Waals surface area contributed by atoms with E-state index in [9.17, 15) is 9.59 Å². The number of carbonyl (C=O) groups is 2. The van der Waals surface area contributed by atoms with E-state index in [4.69, 9.17) is 23.7 Å². The molecule has 2 heterocycles. The normalized spacial score (nSPS) is 32.5. The van der Waals surface area contributed by atoms with E-state index in [1.807, 2.05) is 0 Å². The molecule has 2 rings (SSSR count). The molecule has 8 nitrogen and oxygen atoms in total. The quantitative estimate of drug-likeness (QED) is 0.411. The molecule has 0 aromatic heterocycles. The smallest absolute Gasteiger partial charge is 0.303 e. The molecular weight excluding hydrogens is 326 g/mol. The van der Waals surface area contributed by atoms with Crippen molar-refractivity contribution in [2.45, 2.75) is 64.1 Å². The zero-order chi connectivity index (χ0) is 17.2. The lowest BCUT2D eigenvalue weighted by molar-refractivity contribution is -0.221. The molecule has 5 atom stereocenters. The Bertz CT molecular complexity index is 531. The Morgan fingerprint density at radius 2 is 2.00 bits per heavy atom. The number of hydrogen-bond donors (Lipinski definition) is 0. The van der Waals surface area contributed by atoms with Gasteiger partial charge in [0, 0.05) is 13.8 Å². The highest BCUT2D eigenvalue weighted by molar-refractivity contribution is 7.78. The number of nitrogens with zero attached hydrogens (tertiary/aromatic N) is 1. The first-order chi connectivity index (χ1) is 10.7. The number of thiocarbonyl (C=S) groups is 1. The Morgan fingerprint density at radius 3 is 2.57 bits per heavy atom. The van der Waals surface area contributed by atoms with Gasteiger partial charge in [0.05, 0.1) is 5.16 Å². The Morgan fingerprint density at radius 1 is 1.30 bits per heavy atom. The Labute approximate surface area is 139 Å². The van der Waals surface area contributed by atoms with Crippen LogP contribution in [0, 0.1) is 0 Å². The van der Waals surface area contributed by atoms with Crippen LogP contribution in [-0.2, 0) is 33.3 Å². The van der Waals surface area contributed by atoms with Crippen molar-refractivity contribution in [3.8, 4) is 0 Å². The fourth-order valence-electron chi connectivity index (χ4n) is 2.64. The van der Waals surface area contributed by atoms with Crippen LogP contribution in [0.3, 0.4) is 0 Å². The fraction of sp³-hybridized carbons (Fsp3) is 0.786. The Balaban J connectivity index is 2.18.